The second kappa shape index (κ2) is 3.13. The lowest BCUT2D eigenvalue weighted by Gasteiger charge is -1.97. The molecule has 3 heteroatoms. The normalized spacial score (nSPS) is 11.1. The molecule has 0 aliphatic rings. The summed E-state index contributed by atoms with van der Waals surface area (Å²) in [6, 6.07) is -2.10. The molecule has 0 aliphatic carbocycles. The summed E-state index contributed by atoms with van der Waals surface area (Å²) in [6.45, 7) is 3.59. The van der Waals surface area contributed by atoms with E-state index in [1.54, 1.807) is 13.8 Å². The van der Waals surface area contributed by atoms with Crippen molar-refractivity contribution in [2.24, 2.45) is 0 Å². The second-order valence-electron chi connectivity index (χ2n) is 1.62. The van der Waals surface area contributed by atoms with Crippen LogP contribution in [0.25, 0.3) is 0 Å². The minimum atomic E-state index is -2.10. The van der Waals surface area contributed by atoms with Crippen molar-refractivity contribution in [3.8, 4) is 0 Å². The topological polar surface area (TPSA) is 0 Å². The van der Waals surface area contributed by atoms with E-state index in [1.807, 2.05) is 0 Å². The molecule has 0 bridgehead atoms. The average Bonchev–Trinajstić information content (AvgIpc) is 1.27. The van der Waals surface area contributed by atoms with Crippen LogP contribution in [0.5, 0.6) is 0 Å². The standard InChI is InChI=1S/C4H8F2Si/c1-3(2)7-4(5)6/h3-4H,1-2H3. The van der Waals surface area contributed by atoms with Crippen LogP contribution >= 0.6 is 0 Å². The largest absolute Gasteiger partial charge is 0.216 e. The average molecular weight is 122 g/mol. The van der Waals surface area contributed by atoms with Crippen molar-refractivity contribution in [1.82, 2.24) is 0 Å². The van der Waals surface area contributed by atoms with E-state index in [0.29, 0.717) is 0 Å². The van der Waals surface area contributed by atoms with Gasteiger partial charge in [-0.2, -0.15) is 0 Å². The zero-order valence-electron chi connectivity index (χ0n) is 4.41. The first-order chi connectivity index (χ1) is 3.13. The van der Waals surface area contributed by atoms with Crippen LogP contribution < -0.4 is 0 Å². The highest BCUT2D eigenvalue weighted by molar-refractivity contribution is 6.38. The van der Waals surface area contributed by atoms with Crippen LogP contribution in [0.1, 0.15) is 13.8 Å². The maximum atomic E-state index is 11.3. The molecule has 0 nitrogen and oxygen atoms in total. The molecule has 0 amide bonds. The van der Waals surface area contributed by atoms with Crippen molar-refractivity contribution >= 4 is 9.52 Å². The Bertz CT molecular complexity index is 39.0. The van der Waals surface area contributed by atoms with Gasteiger partial charge in [-0.3, -0.25) is 0 Å². The van der Waals surface area contributed by atoms with Gasteiger partial charge in [-0.25, -0.2) is 8.78 Å². The van der Waals surface area contributed by atoms with Gasteiger partial charge in [0.2, 0.25) is 6.05 Å². The summed E-state index contributed by atoms with van der Waals surface area (Å²) in [5.74, 6) is 0. The maximum Gasteiger partial charge on any atom is 0.216 e. The molecule has 0 unspecified atom stereocenters. The Morgan fingerprint density at radius 3 is 1.71 bits per heavy atom. The first kappa shape index (κ1) is 7.08. The summed E-state index contributed by atoms with van der Waals surface area (Å²) >= 11 is 0. The Hall–Kier alpha value is 0.0769. The summed E-state index contributed by atoms with van der Waals surface area (Å²) in [5, 5.41) is 0. The molecule has 0 fully saturated rings. The Morgan fingerprint density at radius 2 is 1.71 bits per heavy atom. The van der Waals surface area contributed by atoms with Crippen molar-refractivity contribution < 1.29 is 8.78 Å². The maximum absolute atomic E-state index is 11.3. The molecule has 42 valence electrons. The smallest absolute Gasteiger partial charge is 0.216 e. The highest BCUT2D eigenvalue weighted by Crippen LogP contribution is 2.02. The summed E-state index contributed by atoms with van der Waals surface area (Å²) in [5.41, 5.74) is 0.153. The lowest BCUT2D eigenvalue weighted by atomic mass is 10.6. The molecule has 0 aromatic heterocycles. The van der Waals surface area contributed by atoms with Crippen LogP contribution in [0.2, 0.25) is 5.54 Å². The predicted octanol–water partition coefficient (Wildman–Crippen LogP) is 1.74. The minimum Gasteiger partial charge on any atom is -0.216 e. The van der Waals surface area contributed by atoms with Crippen LogP contribution in [0.15, 0.2) is 0 Å². The molecule has 0 rings (SSSR count). The first-order valence-corrected chi connectivity index (χ1v) is 3.32. The highest BCUT2D eigenvalue weighted by atomic mass is 28.2. The van der Waals surface area contributed by atoms with E-state index in [1.165, 1.54) is 0 Å². The quantitative estimate of drug-likeness (QED) is 0.489. The Morgan fingerprint density at radius 1 is 1.29 bits per heavy atom. The van der Waals surface area contributed by atoms with Gasteiger partial charge in [0.15, 0.2) is 0 Å². The summed E-state index contributed by atoms with van der Waals surface area (Å²) < 4.78 is 22.6. The minimum absolute atomic E-state index is 0.153. The van der Waals surface area contributed by atoms with E-state index < -0.39 is 6.05 Å². The molecule has 0 atom stereocenters. The Kier molecular flexibility index (Phi) is 3.16. The first-order valence-electron chi connectivity index (χ1n) is 2.17. The van der Waals surface area contributed by atoms with Crippen molar-refractivity contribution in [1.29, 1.82) is 0 Å². The summed E-state index contributed by atoms with van der Waals surface area (Å²) in [6.07, 6.45) is 0. The highest BCUT2D eigenvalue weighted by Gasteiger charge is 2.05. The molecule has 0 aromatic carbocycles. The zero-order chi connectivity index (χ0) is 5.86. The number of rotatable bonds is 2. The summed E-state index contributed by atoms with van der Waals surface area (Å²) in [7, 11) is -0.188. The van der Waals surface area contributed by atoms with Crippen molar-refractivity contribution in [3.63, 3.8) is 0 Å². The molecule has 2 radical (unpaired) electrons. The third-order valence-corrected chi connectivity index (χ3v) is 1.38. The van der Waals surface area contributed by atoms with E-state index in [-0.39, 0.29) is 15.1 Å². The van der Waals surface area contributed by atoms with E-state index in [2.05, 4.69) is 0 Å². The number of alkyl halides is 2. The van der Waals surface area contributed by atoms with E-state index in [4.69, 9.17) is 0 Å². The third-order valence-electron chi connectivity index (χ3n) is 0.459. The monoisotopic (exact) mass is 122 g/mol. The van der Waals surface area contributed by atoms with Crippen molar-refractivity contribution in [2.45, 2.75) is 25.4 Å². The lowest BCUT2D eigenvalue weighted by molar-refractivity contribution is 0.236. The second-order valence-corrected chi connectivity index (χ2v) is 3.55. The molecule has 0 spiro atoms. The number of hydrogen-bond donors (Lipinski definition) is 0. The summed E-state index contributed by atoms with van der Waals surface area (Å²) in [4.78, 5) is 0. The number of halogens is 2. The van der Waals surface area contributed by atoms with Crippen LogP contribution in [0.4, 0.5) is 8.78 Å². The van der Waals surface area contributed by atoms with Gasteiger partial charge in [0.25, 0.3) is 0 Å². The lowest BCUT2D eigenvalue weighted by Crippen LogP contribution is -2.06. The molecule has 7 heavy (non-hydrogen) atoms. The molecular formula is C4H8F2Si. The Balaban J connectivity index is 2.95. The number of hydrogen-bond acceptors (Lipinski definition) is 0. The molecule has 0 aromatic rings. The van der Waals surface area contributed by atoms with Gasteiger partial charge in [-0.15, -0.1) is 0 Å². The van der Waals surface area contributed by atoms with Crippen LogP contribution in [-0.2, 0) is 0 Å². The fourth-order valence-corrected chi connectivity index (χ4v) is 0.756. The Labute approximate surface area is 44.7 Å². The van der Waals surface area contributed by atoms with Gasteiger partial charge in [-0.1, -0.05) is 13.8 Å². The molecule has 0 saturated carbocycles. The van der Waals surface area contributed by atoms with Gasteiger partial charge in [0.05, 0.1) is 0 Å². The van der Waals surface area contributed by atoms with Crippen LogP contribution in [0, 0.1) is 0 Å². The molecule has 0 heterocycles. The van der Waals surface area contributed by atoms with Gasteiger partial charge in [0, 0.05) is 0 Å². The zero-order valence-corrected chi connectivity index (χ0v) is 5.41. The van der Waals surface area contributed by atoms with Crippen molar-refractivity contribution in [2.75, 3.05) is 0 Å². The molecule has 0 saturated heterocycles. The van der Waals surface area contributed by atoms with Gasteiger partial charge in [-0.05, 0) is 5.54 Å². The van der Waals surface area contributed by atoms with Gasteiger partial charge >= 0.3 is 0 Å². The van der Waals surface area contributed by atoms with Gasteiger partial charge in [0.1, 0.15) is 9.52 Å². The molecular weight excluding hydrogens is 114 g/mol. The van der Waals surface area contributed by atoms with Crippen LogP contribution in [0.3, 0.4) is 0 Å². The van der Waals surface area contributed by atoms with Gasteiger partial charge < -0.3 is 0 Å². The fraction of sp³-hybridized carbons (Fsp3) is 1.00. The van der Waals surface area contributed by atoms with E-state index >= 15 is 0 Å². The predicted molar refractivity (Wildman–Crippen MR) is 26.9 cm³/mol. The SMILES string of the molecule is CC(C)[Si]C(F)F. The van der Waals surface area contributed by atoms with E-state index in [0.717, 1.165) is 0 Å². The van der Waals surface area contributed by atoms with Crippen molar-refractivity contribution in [3.05, 3.63) is 0 Å². The fourth-order valence-electron chi connectivity index (χ4n) is 0.252. The van der Waals surface area contributed by atoms with Crippen LogP contribution in [-0.4, -0.2) is 15.6 Å². The third kappa shape index (κ3) is 6.08. The van der Waals surface area contributed by atoms with E-state index in [9.17, 15) is 8.78 Å². The molecule has 0 N–H and O–H groups in total. The molecule has 0 aliphatic heterocycles.